The molecule has 0 saturated heterocycles. The van der Waals surface area contributed by atoms with Crippen molar-refractivity contribution in [2.24, 2.45) is 5.41 Å². The maximum atomic E-state index is 13.3. The Balaban J connectivity index is 1.38. The van der Waals surface area contributed by atoms with E-state index in [1.54, 1.807) is 35.0 Å². The first-order valence-electron chi connectivity index (χ1n) is 11.0. The topological polar surface area (TPSA) is 71.3 Å². The van der Waals surface area contributed by atoms with Gasteiger partial charge < -0.3 is 15.0 Å². The molecule has 3 aliphatic carbocycles. The number of para-hydroxylation sites is 1. The van der Waals surface area contributed by atoms with E-state index < -0.39 is 26.6 Å². The van der Waals surface area contributed by atoms with Gasteiger partial charge in [0.05, 0.1) is 17.5 Å². The Morgan fingerprint density at radius 1 is 0.971 bits per heavy atom. The van der Waals surface area contributed by atoms with Crippen LogP contribution in [0, 0.1) is 5.41 Å². The van der Waals surface area contributed by atoms with Crippen LogP contribution in [0.4, 0.5) is 19.4 Å². The lowest BCUT2D eigenvalue weighted by Gasteiger charge is -2.47. The lowest BCUT2D eigenvalue weighted by molar-refractivity contribution is -0.141. The van der Waals surface area contributed by atoms with Crippen molar-refractivity contribution in [3.8, 4) is 0 Å². The van der Waals surface area contributed by atoms with Gasteiger partial charge in [-0.15, -0.1) is 0 Å². The Morgan fingerprint density at radius 3 is 2.29 bits per heavy atom. The second kappa shape index (κ2) is 6.77. The first kappa shape index (κ1) is 23.7. The first-order chi connectivity index (χ1) is 16.1. The zero-order valence-electron chi connectivity index (χ0n) is 18.4. The molecule has 3 aromatic rings. The molecule has 3 fully saturated rings. The van der Waals surface area contributed by atoms with E-state index in [0.717, 1.165) is 23.9 Å². The highest BCUT2D eigenvalue weighted by atomic mass is 32.5. The number of fused-ring (bicyclic) bond motifs is 2. The molecule has 0 unspecified atom stereocenters. The summed E-state index contributed by atoms with van der Waals surface area (Å²) >= 11 is 0. The number of benzene rings is 2. The first-order valence-corrected chi connectivity index (χ1v) is 13.0. The van der Waals surface area contributed by atoms with E-state index >= 15 is 0 Å². The van der Waals surface area contributed by atoms with Gasteiger partial charge in [0.25, 0.3) is 5.91 Å². The highest BCUT2D eigenvalue weighted by Gasteiger charge is 2.65. The van der Waals surface area contributed by atoms with Gasteiger partial charge >= 0.3 is 16.2 Å². The summed E-state index contributed by atoms with van der Waals surface area (Å²) in [5, 5.41) is 13.0. The molecule has 1 heterocycles. The average Bonchev–Trinajstić information content (AvgIpc) is 3.37. The van der Waals surface area contributed by atoms with E-state index in [0.29, 0.717) is 48.0 Å². The molecule has 0 spiro atoms. The number of rotatable bonds is 7. The Kier molecular flexibility index (Phi) is 4.58. The van der Waals surface area contributed by atoms with Crippen LogP contribution in [0.1, 0.15) is 48.0 Å². The number of halogens is 5. The SMILES string of the molecule is O=C(O)CC12CCC(NC(=O)c3cccc4ccn(Cc5ccc(S(F)(F)(F)(F)F)cc5)c34)(C1)C2. The number of aliphatic carboxylic acids is 1. The van der Waals surface area contributed by atoms with Gasteiger partial charge in [0.2, 0.25) is 0 Å². The Bertz CT molecular complexity index is 1360. The zero-order valence-corrected chi connectivity index (χ0v) is 19.3. The summed E-state index contributed by atoms with van der Waals surface area (Å²) in [6.45, 7) is 0.0846. The summed E-state index contributed by atoms with van der Waals surface area (Å²) in [5.74, 6) is -1.15. The molecule has 2 N–H and O–H groups in total. The number of nitrogens with one attached hydrogen (secondary N) is 1. The molecule has 3 saturated carbocycles. The van der Waals surface area contributed by atoms with Gasteiger partial charge in [-0.25, -0.2) is 0 Å². The standard InChI is InChI=1S/C24H23F5N2O3S/c25-35(26,27,28,29)18-6-4-16(5-7-18)13-31-11-8-17-2-1-3-19(21(17)31)22(34)30-24-10-9-23(14-24,15-24)12-20(32)33/h1-8,11H,9-10,12-15H2,(H,30,34)(H,32,33). The number of carboxylic acid groups (broad SMARTS) is 1. The second-order valence-electron chi connectivity index (χ2n) is 9.96. The smallest absolute Gasteiger partial charge is 0.310 e. The van der Waals surface area contributed by atoms with Crippen LogP contribution in [0.5, 0.6) is 0 Å². The maximum absolute atomic E-state index is 13.3. The monoisotopic (exact) mass is 514 g/mol. The third-order valence-electron chi connectivity index (χ3n) is 7.22. The number of hydrogen-bond donors (Lipinski definition) is 2. The molecule has 0 aliphatic heterocycles. The number of amides is 1. The van der Waals surface area contributed by atoms with Crippen molar-refractivity contribution in [2.75, 3.05) is 0 Å². The van der Waals surface area contributed by atoms with Gasteiger partial charge in [0.1, 0.15) is 4.90 Å². The van der Waals surface area contributed by atoms with Crippen molar-refractivity contribution in [3.63, 3.8) is 0 Å². The van der Waals surface area contributed by atoms with Crippen molar-refractivity contribution < 1.29 is 34.1 Å². The van der Waals surface area contributed by atoms with E-state index in [-0.39, 0.29) is 24.3 Å². The van der Waals surface area contributed by atoms with Gasteiger partial charge in [0, 0.05) is 23.7 Å². The fraction of sp³-hybridized carbons (Fsp3) is 0.333. The summed E-state index contributed by atoms with van der Waals surface area (Å²) in [6.07, 6.45) is 4.47. The van der Waals surface area contributed by atoms with Crippen LogP contribution in [0.15, 0.2) is 59.6 Å². The molecule has 11 heteroatoms. The molecular weight excluding hydrogens is 491 g/mol. The van der Waals surface area contributed by atoms with Gasteiger partial charge in [-0.2, -0.15) is 0 Å². The zero-order chi connectivity index (χ0) is 25.3. The highest BCUT2D eigenvalue weighted by molar-refractivity contribution is 8.45. The molecule has 0 radical (unpaired) electrons. The fourth-order valence-electron chi connectivity index (χ4n) is 5.86. The maximum Gasteiger partial charge on any atom is 0.310 e. The number of hydrogen-bond acceptors (Lipinski definition) is 2. The van der Waals surface area contributed by atoms with Crippen molar-refractivity contribution in [1.82, 2.24) is 9.88 Å². The van der Waals surface area contributed by atoms with Crippen molar-refractivity contribution in [1.29, 1.82) is 0 Å². The average molecular weight is 515 g/mol. The molecule has 6 rings (SSSR count). The number of aromatic nitrogens is 1. The quantitative estimate of drug-likeness (QED) is 0.338. The minimum atomic E-state index is -9.74. The molecule has 2 bridgehead atoms. The van der Waals surface area contributed by atoms with Gasteiger partial charge in [-0.1, -0.05) is 43.7 Å². The van der Waals surface area contributed by atoms with Crippen LogP contribution in [0.2, 0.25) is 0 Å². The minimum absolute atomic E-state index is 0.0846. The number of carboxylic acids is 1. The van der Waals surface area contributed by atoms with Crippen LogP contribution < -0.4 is 5.32 Å². The lowest BCUT2D eigenvalue weighted by Crippen LogP contribution is -2.56. The highest BCUT2D eigenvalue weighted by Crippen LogP contribution is 3.02. The minimum Gasteiger partial charge on any atom is -0.481 e. The molecule has 3 aliphatic rings. The molecule has 5 nitrogen and oxygen atoms in total. The van der Waals surface area contributed by atoms with Crippen LogP contribution in [-0.2, 0) is 11.3 Å². The molecule has 1 aromatic heterocycles. The predicted molar refractivity (Wildman–Crippen MR) is 122 cm³/mol. The van der Waals surface area contributed by atoms with Gasteiger partial charge in [0.15, 0.2) is 0 Å². The van der Waals surface area contributed by atoms with E-state index in [1.807, 2.05) is 0 Å². The molecule has 1 amide bonds. The molecule has 188 valence electrons. The van der Waals surface area contributed by atoms with Gasteiger partial charge in [-0.05, 0) is 60.9 Å². The van der Waals surface area contributed by atoms with E-state index in [2.05, 4.69) is 5.32 Å². The fourth-order valence-corrected chi connectivity index (χ4v) is 6.51. The Labute approximate surface area is 197 Å². The summed E-state index contributed by atoms with van der Waals surface area (Å²) in [5.41, 5.74) is 0.649. The van der Waals surface area contributed by atoms with Crippen molar-refractivity contribution in [3.05, 3.63) is 65.9 Å². The van der Waals surface area contributed by atoms with Crippen LogP contribution in [-0.4, -0.2) is 27.1 Å². The van der Waals surface area contributed by atoms with Crippen molar-refractivity contribution in [2.45, 2.75) is 49.1 Å². The van der Waals surface area contributed by atoms with E-state index in [1.165, 1.54) is 0 Å². The van der Waals surface area contributed by atoms with Gasteiger partial charge in [-0.3, -0.25) is 9.59 Å². The summed E-state index contributed by atoms with van der Waals surface area (Å²) in [4.78, 5) is 22.5. The van der Waals surface area contributed by atoms with E-state index in [4.69, 9.17) is 5.11 Å². The van der Waals surface area contributed by atoms with Crippen LogP contribution >= 0.6 is 10.2 Å². The van der Waals surface area contributed by atoms with Crippen LogP contribution in [0.25, 0.3) is 10.9 Å². The third kappa shape index (κ3) is 4.37. The second-order valence-corrected chi connectivity index (χ2v) is 12.4. The largest absolute Gasteiger partial charge is 0.481 e. The predicted octanol–water partition coefficient (Wildman–Crippen LogP) is 6.86. The van der Waals surface area contributed by atoms with E-state index in [9.17, 15) is 29.0 Å². The molecule has 2 aromatic carbocycles. The summed E-state index contributed by atoms with van der Waals surface area (Å²) in [6, 6.07) is 9.74. The summed E-state index contributed by atoms with van der Waals surface area (Å²) < 4.78 is 66.8. The Morgan fingerprint density at radius 2 is 1.66 bits per heavy atom. The normalized spacial score (nSPS) is 25.5. The molecular formula is C24H23F5N2O3S. The number of nitrogens with zero attached hydrogens (tertiary/aromatic N) is 1. The number of carbonyl (C=O) groups is 2. The third-order valence-corrected chi connectivity index (χ3v) is 8.38. The Hall–Kier alpha value is -3.08. The van der Waals surface area contributed by atoms with Crippen molar-refractivity contribution >= 4 is 33.0 Å². The summed E-state index contributed by atoms with van der Waals surface area (Å²) in [7, 11) is -9.74. The molecule has 0 atom stereocenters. The molecule has 35 heavy (non-hydrogen) atoms. The van der Waals surface area contributed by atoms with Crippen LogP contribution in [0.3, 0.4) is 0 Å². The number of carbonyl (C=O) groups excluding carboxylic acids is 1. The lowest BCUT2D eigenvalue weighted by atomic mass is 9.63.